The van der Waals surface area contributed by atoms with Gasteiger partial charge in [0.15, 0.2) is 0 Å². The maximum absolute atomic E-state index is 11.8. The Hall–Kier alpha value is -2.77. The minimum Gasteiger partial charge on any atom is -0.480 e. The normalized spacial score (nSPS) is 12.0. The topological polar surface area (TPSA) is 114 Å². The Morgan fingerprint density at radius 2 is 1.73 bits per heavy atom. The number of amides is 2. The molecule has 2 amide bonds. The van der Waals surface area contributed by atoms with Crippen molar-refractivity contribution in [3.8, 4) is 5.75 Å². The maximum Gasteiger partial charge on any atom is 0.413 e. The van der Waals surface area contributed by atoms with E-state index >= 15 is 0 Å². The first-order valence-corrected chi connectivity index (χ1v) is 8.40. The Morgan fingerprint density at radius 1 is 1.08 bits per heavy atom. The van der Waals surface area contributed by atoms with Crippen molar-refractivity contribution in [3.05, 3.63) is 30.3 Å². The molecular weight excluding hydrogens is 340 g/mol. The van der Waals surface area contributed by atoms with Gasteiger partial charge in [-0.05, 0) is 52.2 Å². The number of alkyl carbamates (subject to hydrolysis) is 1. The number of aliphatic carboxylic acids is 1. The van der Waals surface area contributed by atoms with E-state index in [9.17, 15) is 19.5 Å². The number of hydrogen-bond acceptors (Lipinski definition) is 5. The van der Waals surface area contributed by atoms with Gasteiger partial charge in [-0.15, -0.1) is 0 Å². The van der Waals surface area contributed by atoms with Crippen LogP contribution in [0.3, 0.4) is 0 Å². The SMILES string of the molecule is CC(C)(C)OC(=O)NCCCC[C@H](NC(=O)Oc1ccccc1)C(=O)O. The lowest BCUT2D eigenvalue weighted by Gasteiger charge is -2.19. The van der Waals surface area contributed by atoms with Gasteiger partial charge < -0.3 is 25.2 Å². The van der Waals surface area contributed by atoms with E-state index in [2.05, 4.69) is 10.6 Å². The van der Waals surface area contributed by atoms with Gasteiger partial charge in [-0.1, -0.05) is 18.2 Å². The van der Waals surface area contributed by atoms with Crippen LogP contribution in [0, 0.1) is 0 Å². The Bertz CT molecular complexity index is 597. The molecule has 8 nitrogen and oxygen atoms in total. The van der Waals surface area contributed by atoms with Gasteiger partial charge in [0.2, 0.25) is 0 Å². The summed E-state index contributed by atoms with van der Waals surface area (Å²) in [6.07, 6.45) is -0.0706. The Kier molecular flexibility index (Phi) is 8.41. The van der Waals surface area contributed by atoms with E-state index in [0.29, 0.717) is 25.1 Å². The van der Waals surface area contributed by atoms with Gasteiger partial charge in [-0.25, -0.2) is 14.4 Å². The second kappa shape index (κ2) is 10.3. The number of rotatable bonds is 8. The second-order valence-electron chi connectivity index (χ2n) is 6.66. The average molecular weight is 366 g/mol. The van der Waals surface area contributed by atoms with Crippen LogP contribution in [0.2, 0.25) is 0 Å². The summed E-state index contributed by atoms with van der Waals surface area (Å²) < 4.78 is 10.1. The van der Waals surface area contributed by atoms with E-state index in [4.69, 9.17) is 9.47 Å². The number of carboxylic acid groups (broad SMARTS) is 1. The number of carbonyl (C=O) groups excluding carboxylic acids is 2. The van der Waals surface area contributed by atoms with Crippen molar-refractivity contribution in [1.82, 2.24) is 10.6 Å². The van der Waals surface area contributed by atoms with Gasteiger partial charge >= 0.3 is 18.2 Å². The lowest BCUT2D eigenvalue weighted by molar-refractivity contribution is -0.139. The third-order valence-electron chi connectivity index (χ3n) is 3.13. The van der Waals surface area contributed by atoms with E-state index in [1.54, 1.807) is 51.1 Å². The van der Waals surface area contributed by atoms with Gasteiger partial charge in [0.25, 0.3) is 0 Å². The van der Waals surface area contributed by atoms with Crippen molar-refractivity contribution in [2.45, 2.75) is 51.7 Å². The summed E-state index contributed by atoms with van der Waals surface area (Å²) in [6, 6.07) is 7.31. The molecular formula is C18H26N2O6. The quantitative estimate of drug-likeness (QED) is 0.610. The van der Waals surface area contributed by atoms with E-state index in [1.165, 1.54) is 0 Å². The summed E-state index contributed by atoms with van der Waals surface area (Å²) in [7, 11) is 0. The number of unbranched alkanes of at least 4 members (excludes halogenated alkanes) is 1. The molecule has 0 fully saturated rings. The zero-order chi connectivity index (χ0) is 19.6. The summed E-state index contributed by atoms with van der Waals surface area (Å²) in [5, 5.41) is 14.1. The first-order valence-electron chi connectivity index (χ1n) is 8.40. The zero-order valence-electron chi connectivity index (χ0n) is 15.3. The van der Waals surface area contributed by atoms with Crippen LogP contribution in [0.5, 0.6) is 5.75 Å². The van der Waals surface area contributed by atoms with Crippen LogP contribution in [0.25, 0.3) is 0 Å². The zero-order valence-corrected chi connectivity index (χ0v) is 15.3. The molecule has 144 valence electrons. The van der Waals surface area contributed by atoms with E-state index in [-0.39, 0.29) is 6.42 Å². The van der Waals surface area contributed by atoms with Crippen LogP contribution in [-0.2, 0) is 9.53 Å². The molecule has 0 aliphatic carbocycles. The maximum atomic E-state index is 11.8. The molecule has 0 saturated heterocycles. The summed E-state index contributed by atoms with van der Waals surface area (Å²) in [6.45, 7) is 5.66. The van der Waals surface area contributed by atoms with Crippen LogP contribution >= 0.6 is 0 Å². The fourth-order valence-electron chi connectivity index (χ4n) is 2.00. The Morgan fingerprint density at radius 3 is 2.31 bits per heavy atom. The van der Waals surface area contributed by atoms with Gasteiger partial charge in [0, 0.05) is 6.54 Å². The third-order valence-corrected chi connectivity index (χ3v) is 3.13. The highest BCUT2D eigenvalue weighted by atomic mass is 16.6. The van der Waals surface area contributed by atoms with Gasteiger partial charge in [0.1, 0.15) is 17.4 Å². The molecule has 0 bridgehead atoms. The van der Waals surface area contributed by atoms with Crippen molar-refractivity contribution in [2.75, 3.05) is 6.54 Å². The van der Waals surface area contributed by atoms with Crippen molar-refractivity contribution in [3.63, 3.8) is 0 Å². The Balaban J connectivity index is 2.29. The molecule has 26 heavy (non-hydrogen) atoms. The van der Waals surface area contributed by atoms with E-state index in [1.807, 2.05) is 0 Å². The predicted molar refractivity (Wildman–Crippen MR) is 95.1 cm³/mol. The van der Waals surface area contributed by atoms with Crippen LogP contribution in [0.1, 0.15) is 40.0 Å². The number of nitrogens with one attached hydrogen (secondary N) is 2. The molecule has 8 heteroatoms. The number of benzene rings is 1. The summed E-state index contributed by atoms with van der Waals surface area (Å²) in [5.74, 6) is -0.814. The third kappa shape index (κ3) is 9.51. The van der Waals surface area contributed by atoms with E-state index in [0.717, 1.165) is 0 Å². The Labute approximate surface area is 152 Å². The summed E-state index contributed by atoms with van der Waals surface area (Å²) >= 11 is 0. The molecule has 0 unspecified atom stereocenters. The number of hydrogen-bond donors (Lipinski definition) is 3. The fourth-order valence-corrected chi connectivity index (χ4v) is 2.00. The van der Waals surface area contributed by atoms with E-state index < -0.39 is 29.8 Å². The smallest absolute Gasteiger partial charge is 0.413 e. The van der Waals surface area contributed by atoms with Crippen LogP contribution in [0.4, 0.5) is 9.59 Å². The van der Waals surface area contributed by atoms with Crippen molar-refractivity contribution in [2.24, 2.45) is 0 Å². The van der Waals surface area contributed by atoms with Crippen molar-refractivity contribution < 1.29 is 29.0 Å². The lowest BCUT2D eigenvalue weighted by atomic mass is 10.1. The highest BCUT2D eigenvalue weighted by Crippen LogP contribution is 2.09. The fraction of sp³-hybridized carbons (Fsp3) is 0.500. The molecule has 0 aliphatic heterocycles. The average Bonchev–Trinajstić information content (AvgIpc) is 2.52. The van der Waals surface area contributed by atoms with Crippen molar-refractivity contribution >= 4 is 18.2 Å². The molecule has 0 saturated carbocycles. The van der Waals surface area contributed by atoms with Crippen molar-refractivity contribution in [1.29, 1.82) is 0 Å². The first-order chi connectivity index (χ1) is 12.2. The molecule has 1 rings (SSSR count). The molecule has 1 atom stereocenters. The number of ether oxygens (including phenoxy) is 2. The molecule has 0 spiro atoms. The summed E-state index contributed by atoms with van der Waals surface area (Å²) in [4.78, 5) is 34.5. The number of para-hydroxylation sites is 1. The molecule has 0 heterocycles. The van der Waals surface area contributed by atoms with Gasteiger partial charge in [-0.3, -0.25) is 0 Å². The highest BCUT2D eigenvalue weighted by molar-refractivity contribution is 5.80. The lowest BCUT2D eigenvalue weighted by Crippen LogP contribution is -2.42. The monoisotopic (exact) mass is 366 g/mol. The molecule has 0 aromatic heterocycles. The van der Waals surface area contributed by atoms with Crippen LogP contribution in [0.15, 0.2) is 30.3 Å². The number of carboxylic acids is 1. The van der Waals surface area contributed by atoms with Gasteiger partial charge in [-0.2, -0.15) is 0 Å². The minimum absolute atomic E-state index is 0.217. The molecule has 0 radical (unpaired) electrons. The van der Waals surface area contributed by atoms with Crippen LogP contribution in [-0.4, -0.2) is 41.4 Å². The molecule has 1 aromatic rings. The molecule has 3 N–H and O–H groups in total. The standard InChI is InChI=1S/C18H26N2O6/c1-18(2,3)26-16(23)19-12-8-7-11-14(15(21)22)20-17(24)25-13-9-5-4-6-10-13/h4-6,9-10,14H,7-8,11-12H2,1-3H3,(H,19,23)(H,20,24)(H,21,22)/t14-/m0/s1. The van der Waals surface area contributed by atoms with Crippen LogP contribution < -0.4 is 15.4 Å². The van der Waals surface area contributed by atoms with Gasteiger partial charge in [0.05, 0.1) is 0 Å². The predicted octanol–water partition coefficient (Wildman–Crippen LogP) is 2.92. The molecule has 0 aliphatic rings. The number of carbonyl (C=O) groups is 3. The first kappa shape index (κ1) is 21.3. The molecule has 1 aromatic carbocycles. The highest BCUT2D eigenvalue weighted by Gasteiger charge is 2.21. The second-order valence-corrected chi connectivity index (χ2v) is 6.66. The largest absolute Gasteiger partial charge is 0.480 e. The minimum atomic E-state index is -1.14. The summed E-state index contributed by atoms with van der Waals surface area (Å²) in [5.41, 5.74) is -0.568.